The average Bonchev–Trinajstić information content (AvgIpc) is 3.05. The highest BCUT2D eigenvalue weighted by Crippen LogP contribution is 2.19. The summed E-state index contributed by atoms with van der Waals surface area (Å²) >= 11 is 0. The molecule has 0 bridgehead atoms. The number of rotatable bonds is 6. The predicted molar refractivity (Wildman–Crippen MR) is 96.7 cm³/mol. The van der Waals surface area contributed by atoms with E-state index in [9.17, 15) is 19.6 Å². The lowest BCUT2D eigenvalue weighted by Gasteiger charge is -2.26. The summed E-state index contributed by atoms with van der Waals surface area (Å²) in [5.41, 5.74) is 3.09. The second-order valence-electron chi connectivity index (χ2n) is 6.56. The highest BCUT2D eigenvalue weighted by atomic mass is 16.4. The van der Waals surface area contributed by atoms with Crippen LogP contribution in [-0.4, -0.2) is 52.4 Å². The Balaban J connectivity index is 2.09. The maximum atomic E-state index is 12.6. The van der Waals surface area contributed by atoms with E-state index in [-0.39, 0.29) is 11.8 Å². The molecule has 25 heavy (non-hydrogen) atoms. The second-order valence-corrected chi connectivity index (χ2v) is 6.56. The standard InChI is InChI=1S/C18H25BN2O4/c1-4-17(22)21-9-5-6-15(21)18(23)20-16(19(24)25)11-14-8-7-12(2)10-13(14)3/h4,7-8,10,15-16,24-25H,1,5-6,9,11H2,2-3H3,(H,20,23)/t15-,16?/m1/s1. The van der Waals surface area contributed by atoms with Crippen LogP contribution in [0.5, 0.6) is 0 Å². The zero-order chi connectivity index (χ0) is 18.6. The molecule has 1 aliphatic heterocycles. The van der Waals surface area contributed by atoms with Crippen LogP contribution in [0.3, 0.4) is 0 Å². The van der Waals surface area contributed by atoms with Gasteiger partial charge in [0.05, 0.1) is 5.94 Å². The topological polar surface area (TPSA) is 89.9 Å². The molecule has 0 spiro atoms. The summed E-state index contributed by atoms with van der Waals surface area (Å²) in [6.07, 6.45) is 2.79. The Morgan fingerprint density at radius 3 is 2.76 bits per heavy atom. The molecule has 1 aromatic rings. The third kappa shape index (κ3) is 4.71. The molecule has 134 valence electrons. The molecule has 1 fully saturated rings. The van der Waals surface area contributed by atoms with Crippen molar-refractivity contribution in [1.29, 1.82) is 0 Å². The first-order chi connectivity index (χ1) is 11.8. The summed E-state index contributed by atoms with van der Waals surface area (Å²) in [4.78, 5) is 25.9. The molecule has 0 aromatic heterocycles. The van der Waals surface area contributed by atoms with Crippen molar-refractivity contribution in [2.24, 2.45) is 0 Å². The van der Waals surface area contributed by atoms with E-state index in [0.29, 0.717) is 19.4 Å². The molecular formula is C18H25BN2O4. The van der Waals surface area contributed by atoms with Crippen LogP contribution in [0, 0.1) is 13.8 Å². The Labute approximate surface area is 148 Å². The third-order valence-electron chi connectivity index (χ3n) is 4.64. The first-order valence-electron chi connectivity index (χ1n) is 8.49. The Kier molecular flexibility index (Phi) is 6.39. The number of likely N-dealkylation sites (tertiary alicyclic amines) is 1. The summed E-state index contributed by atoms with van der Waals surface area (Å²) in [6.45, 7) is 7.90. The summed E-state index contributed by atoms with van der Waals surface area (Å²) in [7, 11) is -1.69. The van der Waals surface area contributed by atoms with Crippen LogP contribution in [0.25, 0.3) is 0 Å². The lowest BCUT2D eigenvalue weighted by Crippen LogP contribution is -2.54. The van der Waals surface area contributed by atoms with Gasteiger partial charge >= 0.3 is 7.12 Å². The van der Waals surface area contributed by atoms with Gasteiger partial charge in [0.1, 0.15) is 6.04 Å². The molecule has 2 rings (SSSR count). The predicted octanol–water partition coefficient (Wildman–Crippen LogP) is 0.520. The van der Waals surface area contributed by atoms with Crippen molar-refractivity contribution in [3.05, 3.63) is 47.5 Å². The Morgan fingerprint density at radius 2 is 2.16 bits per heavy atom. The van der Waals surface area contributed by atoms with Crippen molar-refractivity contribution in [1.82, 2.24) is 10.2 Å². The minimum atomic E-state index is -1.69. The normalized spacial score (nSPS) is 17.9. The number of hydrogen-bond donors (Lipinski definition) is 3. The average molecular weight is 344 g/mol. The molecule has 7 heteroatoms. The van der Waals surface area contributed by atoms with Gasteiger partial charge < -0.3 is 20.3 Å². The number of benzene rings is 1. The minimum Gasteiger partial charge on any atom is -0.426 e. The summed E-state index contributed by atoms with van der Waals surface area (Å²) in [6, 6.07) is 5.30. The van der Waals surface area contributed by atoms with Gasteiger partial charge in [-0.1, -0.05) is 30.3 Å². The summed E-state index contributed by atoms with van der Waals surface area (Å²) in [5, 5.41) is 22.0. The fourth-order valence-corrected chi connectivity index (χ4v) is 3.24. The van der Waals surface area contributed by atoms with Crippen molar-refractivity contribution < 1.29 is 19.6 Å². The van der Waals surface area contributed by atoms with E-state index in [0.717, 1.165) is 23.1 Å². The molecule has 0 saturated carbocycles. The number of aryl methyl sites for hydroxylation is 2. The molecule has 0 radical (unpaired) electrons. The van der Waals surface area contributed by atoms with Crippen LogP contribution in [0.15, 0.2) is 30.9 Å². The maximum absolute atomic E-state index is 12.6. The highest BCUT2D eigenvalue weighted by Gasteiger charge is 2.35. The van der Waals surface area contributed by atoms with Gasteiger partial charge in [-0.25, -0.2) is 0 Å². The molecule has 6 nitrogen and oxygen atoms in total. The summed E-state index contributed by atoms with van der Waals surface area (Å²) < 4.78 is 0. The molecule has 1 heterocycles. The van der Waals surface area contributed by atoms with Crippen molar-refractivity contribution >= 4 is 18.9 Å². The van der Waals surface area contributed by atoms with E-state index in [2.05, 4.69) is 11.9 Å². The SMILES string of the molecule is C=CC(=O)N1CCC[C@@H]1C(=O)NC(Cc1ccc(C)cc1C)B(O)O. The quantitative estimate of drug-likeness (QED) is 0.518. The zero-order valence-electron chi connectivity index (χ0n) is 14.7. The van der Waals surface area contributed by atoms with Gasteiger partial charge in [-0.15, -0.1) is 0 Å². The van der Waals surface area contributed by atoms with E-state index in [4.69, 9.17) is 0 Å². The van der Waals surface area contributed by atoms with Gasteiger partial charge in [0.25, 0.3) is 0 Å². The Morgan fingerprint density at radius 1 is 1.44 bits per heavy atom. The lowest BCUT2D eigenvalue weighted by atomic mass is 9.75. The Hall–Kier alpha value is -2.12. The second kappa shape index (κ2) is 8.31. The fraction of sp³-hybridized carbons (Fsp3) is 0.444. The largest absolute Gasteiger partial charge is 0.475 e. The lowest BCUT2D eigenvalue weighted by molar-refractivity contribution is -0.135. The van der Waals surface area contributed by atoms with Crippen molar-refractivity contribution in [3.63, 3.8) is 0 Å². The van der Waals surface area contributed by atoms with Gasteiger partial charge in [0.2, 0.25) is 11.8 Å². The van der Waals surface area contributed by atoms with Gasteiger partial charge in [-0.2, -0.15) is 0 Å². The number of carbonyl (C=O) groups excluding carboxylic acids is 2. The van der Waals surface area contributed by atoms with Crippen LogP contribution in [0.4, 0.5) is 0 Å². The molecule has 0 aliphatic carbocycles. The molecule has 1 aliphatic rings. The van der Waals surface area contributed by atoms with Gasteiger partial charge in [-0.05, 0) is 50.3 Å². The number of carbonyl (C=O) groups is 2. The number of nitrogens with zero attached hydrogens (tertiary/aromatic N) is 1. The molecule has 2 amide bonds. The monoisotopic (exact) mass is 344 g/mol. The third-order valence-corrected chi connectivity index (χ3v) is 4.64. The minimum absolute atomic E-state index is 0.284. The van der Waals surface area contributed by atoms with Crippen LogP contribution in [-0.2, 0) is 16.0 Å². The van der Waals surface area contributed by atoms with Crippen LogP contribution < -0.4 is 5.32 Å². The Bertz CT molecular complexity index is 662. The first kappa shape index (κ1) is 19.2. The molecule has 2 atom stereocenters. The number of nitrogens with one attached hydrogen (secondary N) is 1. The number of amides is 2. The molecular weight excluding hydrogens is 319 g/mol. The maximum Gasteiger partial charge on any atom is 0.475 e. The van der Waals surface area contributed by atoms with Crippen molar-refractivity contribution in [2.75, 3.05) is 6.54 Å². The zero-order valence-corrected chi connectivity index (χ0v) is 14.7. The first-order valence-corrected chi connectivity index (χ1v) is 8.49. The van der Waals surface area contributed by atoms with Crippen LogP contribution in [0.1, 0.15) is 29.5 Å². The van der Waals surface area contributed by atoms with E-state index in [1.807, 2.05) is 32.0 Å². The van der Waals surface area contributed by atoms with Gasteiger partial charge in [-0.3, -0.25) is 9.59 Å². The van der Waals surface area contributed by atoms with Gasteiger partial charge in [0.15, 0.2) is 0 Å². The van der Waals surface area contributed by atoms with Crippen LogP contribution >= 0.6 is 0 Å². The fourth-order valence-electron chi connectivity index (χ4n) is 3.24. The van der Waals surface area contributed by atoms with Crippen molar-refractivity contribution in [2.45, 2.75) is 45.1 Å². The number of hydrogen-bond acceptors (Lipinski definition) is 4. The van der Waals surface area contributed by atoms with Crippen molar-refractivity contribution in [3.8, 4) is 0 Å². The summed E-state index contributed by atoms with van der Waals surface area (Å²) in [5.74, 6) is -1.49. The molecule has 1 aromatic carbocycles. The van der Waals surface area contributed by atoms with E-state index >= 15 is 0 Å². The van der Waals surface area contributed by atoms with Gasteiger partial charge in [0, 0.05) is 6.54 Å². The highest BCUT2D eigenvalue weighted by molar-refractivity contribution is 6.43. The molecule has 1 unspecified atom stereocenters. The smallest absolute Gasteiger partial charge is 0.426 e. The van der Waals surface area contributed by atoms with E-state index in [1.54, 1.807) is 0 Å². The van der Waals surface area contributed by atoms with E-state index < -0.39 is 19.1 Å². The molecule has 3 N–H and O–H groups in total. The molecule has 1 saturated heterocycles. The van der Waals surface area contributed by atoms with E-state index in [1.165, 1.54) is 11.0 Å². The van der Waals surface area contributed by atoms with Crippen LogP contribution in [0.2, 0.25) is 0 Å².